The largest absolute Gasteiger partial charge is 0.494 e. The third-order valence-corrected chi connectivity index (χ3v) is 2.51. The first-order valence-corrected chi connectivity index (χ1v) is 4.97. The summed E-state index contributed by atoms with van der Waals surface area (Å²) in [4.78, 5) is 11.8. The number of aromatic nitrogens is 1. The highest BCUT2D eigenvalue weighted by molar-refractivity contribution is 5.27. The van der Waals surface area contributed by atoms with Gasteiger partial charge < -0.3 is 9.84 Å². The van der Waals surface area contributed by atoms with Crippen molar-refractivity contribution >= 4 is 0 Å². The molecule has 0 amide bonds. The van der Waals surface area contributed by atoms with Gasteiger partial charge in [0.15, 0.2) is 5.88 Å². The SMILES string of the molecule is COCCCn1c(O)cc(C)c(C)c1=O. The lowest BCUT2D eigenvalue weighted by molar-refractivity contribution is 0.188. The lowest BCUT2D eigenvalue weighted by atomic mass is 10.2. The van der Waals surface area contributed by atoms with Crippen molar-refractivity contribution in [2.75, 3.05) is 13.7 Å². The first kappa shape index (κ1) is 11.8. The molecule has 1 rings (SSSR count). The summed E-state index contributed by atoms with van der Waals surface area (Å²) in [6.45, 7) is 4.65. The second kappa shape index (κ2) is 4.98. The molecule has 0 spiro atoms. The molecule has 0 aliphatic rings. The number of pyridine rings is 1. The Bertz CT molecular complexity index is 396. The molecule has 0 saturated heterocycles. The summed E-state index contributed by atoms with van der Waals surface area (Å²) in [5.41, 5.74) is 1.38. The zero-order valence-electron chi connectivity index (χ0n) is 9.41. The number of methoxy groups -OCH3 is 1. The molecule has 84 valence electrons. The lowest BCUT2D eigenvalue weighted by Gasteiger charge is -2.10. The Labute approximate surface area is 89.1 Å². The van der Waals surface area contributed by atoms with Gasteiger partial charge in [-0.3, -0.25) is 9.36 Å². The molecule has 1 N–H and O–H groups in total. The van der Waals surface area contributed by atoms with E-state index < -0.39 is 0 Å². The molecule has 0 aromatic carbocycles. The van der Waals surface area contributed by atoms with E-state index >= 15 is 0 Å². The van der Waals surface area contributed by atoms with Gasteiger partial charge in [0.05, 0.1) is 0 Å². The van der Waals surface area contributed by atoms with E-state index in [1.54, 1.807) is 20.1 Å². The van der Waals surface area contributed by atoms with Crippen molar-refractivity contribution in [1.82, 2.24) is 4.57 Å². The average Bonchev–Trinajstić information content (AvgIpc) is 2.20. The highest BCUT2D eigenvalue weighted by Gasteiger charge is 2.07. The number of ether oxygens (including phenoxy) is 1. The second-order valence-electron chi connectivity index (χ2n) is 3.61. The molecule has 1 aromatic rings. The molecule has 0 aliphatic heterocycles. The van der Waals surface area contributed by atoms with Crippen LogP contribution in [0.2, 0.25) is 0 Å². The average molecular weight is 211 g/mol. The third-order valence-electron chi connectivity index (χ3n) is 2.51. The summed E-state index contributed by atoms with van der Waals surface area (Å²) in [6.07, 6.45) is 0.715. The Kier molecular flexibility index (Phi) is 3.91. The van der Waals surface area contributed by atoms with Crippen LogP contribution in [0.25, 0.3) is 0 Å². The predicted octanol–water partition coefficient (Wildman–Crippen LogP) is 1.21. The van der Waals surface area contributed by atoms with Gasteiger partial charge >= 0.3 is 0 Å². The van der Waals surface area contributed by atoms with Crippen LogP contribution in [0, 0.1) is 13.8 Å². The molecule has 4 heteroatoms. The Balaban J connectivity index is 2.97. The van der Waals surface area contributed by atoms with Crippen molar-refractivity contribution in [2.24, 2.45) is 0 Å². The van der Waals surface area contributed by atoms with E-state index in [1.165, 1.54) is 4.57 Å². The van der Waals surface area contributed by atoms with Gasteiger partial charge in [-0.15, -0.1) is 0 Å². The van der Waals surface area contributed by atoms with Crippen LogP contribution in [-0.4, -0.2) is 23.4 Å². The first-order valence-electron chi connectivity index (χ1n) is 4.97. The van der Waals surface area contributed by atoms with Crippen molar-refractivity contribution in [1.29, 1.82) is 0 Å². The van der Waals surface area contributed by atoms with Gasteiger partial charge in [-0.05, 0) is 25.8 Å². The monoisotopic (exact) mass is 211 g/mol. The van der Waals surface area contributed by atoms with Gasteiger partial charge in [0.25, 0.3) is 5.56 Å². The van der Waals surface area contributed by atoms with Crippen LogP contribution in [-0.2, 0) is 11.3 Å². The van der Waals surface area contributed by atoms with Crippen LogP contribution in [0.15, 0.2) is 10.9 Å². The van der Waals surface area contributed by atoms with Gasteiger partial charge in [-0.25, -0.2) is 0 Å². The van der Waals surface area contributed by atoms with Gasteiger partial charge in [-0.2, -0.15) is 0 Å². The molecular formula is C11H17NO3. The van der Waals surface area contributed by atoms with E-state index in [0.29, 0.717) is 25.1 Å². The molecular weight excluding hydrogens is 194 g/mol. The number of aryl methyl sites for hydroxylation is 1. The van der Waals surface area contributed by atoms with Gasteiger partial charge in [0.1, 0.15) is 0 Å². The minimum Gasteiger partial charge on any atom is -0.494 e. The molecule has 0 bridgehead atoms. The van der Waals surface area contributed by atoms with Gasteiger partial charge in [0, 0.05) is 31.9 Å². The van der Waals surface area contributed by atoms with Crippen LogP contribution in [0.1, 0.15) is 17.5 Å². The maximum Gasteiger partial charge on any atom is 0.256 e. The quantitative estimate of drug-likeness (QED) is 0.761. The van der Waals surface area contributed by atoms with Gasteiger partial charge in [-0.1, -0.05) is 0 Å². The fourth-order valence-corrected chi connectivity index (χ4v) is 1.44. The van der Waals surface area contributed by atoms with Crippen LogP contribution >= 0.6 is 0 Å². The second-order valence-corrected chi connectivity index (χ2v) is 3.61. The van der Waals surface area contributed by atoms with E-state index in [0.717, 1.165) is 5.56 Å². The van der Waals surface area contributed by atoms with Crippen molar-refractivity contribution in [3.8, 4) is 5.88 Å². The highest BCUT2D eigenvalue weighted by atomic mass is 16.5. The fourth-order valence-electron chi connectivity index (χ4n) is 1.44. The molecule has 15 heavy (non-hydrogen) atoms. The summed E-state index contributed by atoms with van der Waals surface area (Å²) in [7, 11) is 1.61. The molecule has 1 heterocycles. The van der Waals surface area contributed by atoms with Crippen LogP contribution in [0.3, 0.4) is 0 Å². The van der Waals surface area contributed by atoms with E-state index in [2.05, 4.69) is 0 Å². The van der Waals surface area contributed by atoms with Crippen LogP contribution < -0.4 is 5.56 Å². The third kappa shape index (κ3) is 2.59. The molecule has 0 fully saturated rings. The van der Waals surface area contributed by atoms with E-state index in [9.17, 15) is 9.90 Å². The molecule has 0 unspecified atom stereocenters. The molecule has 0 saturated carbocycles. The molecule has 4 nitrogen and oxygen atoms in total. The summed E-state index contributed by atoms with van der Waals surface area (Å²) < 4.78 is 6.28. The lowest BCUT2D eigenvalue weighted by Crippen LogP contribution is -2.23. The minimum absolute atomic E-state index is 0.0270. The summed E-state index contributed by atoms with van der Waals surface area (Å²) in [5.74, 6) is 0.0270. The van der Waals surface area contributed by atoms with Crippen LogP contribution in [0.4, 0.5) is 0 Å². The highest BCUT2D eigenvalue weighted by Crippen LogP contribution is 2.11. The molecule has 0 atom stereocenters. The van der Waals surface area contributed by atoms with Gasteiger partial charge in [0.2, 0.25) is 0 Å². The Hall–Kier alpha value is -1.29. The van der Waals surface area contributed by atoms with E-state index in [4.69, 9.17) is 4.74 Å². The minimum atomic E-state index is -0.122. The Morgan fingerprint density at radius 2 is 2.13 bits per heavy atom. The zero-order chi connectivity index (χ0) is 11.4. The zero-order valence-corrected chi connectivity index (χ0v) is 9.41. The topological polar surface area (TPSA) is 51.5 Å². The first-order chi connectivity index (χ1) is 7.07. The molecule has 0 aliphatic carbocycles. The van der Waals surface area contributed by atoms with Crippen molar-refractivity contribution in [3.05, 3.63) is 27.5 Å². The van der Waals surface area contributed by atoms with Crippen molar-refractivity contribution in [3.63, 3.8) is 0 Å². The summed E-state index contributed by atoms with van der Waals surface area (Å²) in [6, 6.07) is 1.61. The number of nitrogens with zero attached hydrogens (tertiary/aromatic N) is 1. The normalized spacial score (nSPS) is 10.6. The molecule has 1 aromatic heterocycles. The summed E-state index contributed by atoms with van der Waals surface area (Å²) in [5, 5.41) is 9.62. The van der Waals surface area contributed by atoms with E-state index in [1.807, 2.05) is 6.92 Å². The molecule has 0 radical (unpaired) electrons. The smallest absolute Gasteiger partial charge is 0.256 e. The maximum atomic E-state index is 11.8. The fraction of sp³-hybridized carbons (Fsp3) is 0.545. The number of aromatic hydroxyl groups is 1. The number of hydrogen-bond donors (Lipinski definition) is 1. The summed E-state index contributed by atoms with van der Waals surface area (Å²) >= 11 is 0. The predicted molar refractivity (Wildman–Crippen MR) is 58.3 cm³/mol. The number of hydrogen-bond acceptors (Lipinski definition) is 3. The maximum absolute atomic E-state index is 11.8. The standard InChI is InChI=1S/C11H17NO3/c1-8-7-10(13)12(5-4-6-15-3)11(14)9(8)2/h7,13H,4-6H2,1-3H3. The Morgan fingerprint density at radius 3 is 2.73 bits per heavy atom. The number of rotatable bonds is 4. The van der Waals surface area contributed by atoms with Crippen molar-refractivity contribution in [2.45, 2.75) is 26.8 Å². The Morgan fingerprint density at radius 1 is 1.47 bits per heavy atom. The van der Waals surface area contributed by atoms with E-state index in [-0.39, 0.29) is 11.4 Å². The van der Waals surface area contributed by atoms with Crippen LogP contribution in [0.5, 0.6) is 5.88 Å². The van der Waals surface area contributed by atoms with Crippen molar-refractivity contribution < 1.29 is 9.84 Å².